The predicted molar refractivity (Wildman–Crippen MR) is 96.7 cm³/mol. The Morgan fingerprint density at radius 2 is 1.74 bits per heavy atom. The Kier molecular flexibility index (Phi) is 5.83. The van der Waals surface area contributed by atoms with E-state index in [0.717, 1.165) is 10.0 Å². The van der Waals surface area contributed by atoms with E-state index in [0.29, 0.717) is 5.75 Å². The Morgan fingerprint density at radius 3 is 2.35 bits per heavy atom. The number of carbonyl (C=O) groups excluding carboxylic acids is 1. The van der Waals surface area contributed by atoms with Gasteiger partial charge in [0.2, 0.25) is 0 Å². The number of ether oxygens (including phenoxy) is 1. The normalized spacial score (nSPS) is 13.3. The number of rotatable bonds is 5. The van der Waals surface area contributed by atoms with Crippen molar-refractivity contribution >= 4 is 21.8 Å². The van der Waals surface area contributed by atoms with Crippen molar-refractivity contribution in [1.82, 2.24) is 5.32 Å². The fourth-order valence-corrected chi connectivity index (χ4v) is 2.76. The van der Waals surface area contributed by atoms with Crippen molar-refractivity contribution in [2.75, 3.05) is 0 Å². The summed E-state index contributed by atoms with van der Waals surface area (Å²) in [6, 6.07) is 13.6. The van der Waals surface area contributed by atoms with Crippen molar-refractivity contribution in [3.05, 3.63) is 63.6 Å². The molecular weight excluding hydrogens is 354 g/mol. The summed E-state index contributed by atoms with van der Waals surface area (Å²) in [6.45, 7) is 7.87. The molecule has 0 bridgehead atoms. The first-order valence-electron chi connectivity index (χ1n) is 7.66. The van der Waals surface area contributed by atoms with E-state index in [1.165, 1.54) is 11.1 Å². The van der Waals surface area contributed by atoms with E-state index in [4.69, 9.17) is 4.74 Å². The van der Waals surface area contributed by atoms with Gasteiger partial charge in [0.1, 0.15) is 5.75 Å². The number of amides is 1. The summed E-state index contributed by atoms with van der Waals surface area (Å²) in [4.78, 5) is 12.3. The summed E-state index contributed by atoms with van der Waals surface area (Å²) in [6.07, 6.45) is -0.552. The van der Waals surface area contributed by atoms with Crippen molar-refractivity contribution in [1.29, 1.82) is 0 Å². The minimum absolute atomic E-state index is 0.0564. The van der Waals surface area contributed by atoms with E-state index in [2.05, 4.69) is 53.3 Å². The maximum atomic E-state index is 12.3. The third kappa shape index (κ3) is 4.83. The summed E-state index contributed by atoms with van der Waals surface area (Å²) in [5.41, 5.74) is 3.52. The Hall–Kier alpha value is -1.81. The molecule has 0 aliphatic rings. The lowest BCUT2D eigenvalue weighted by Crippen LogP contribution is -2.37. The topological polar surface area (TPSA) is 38.3 Å². The number of nitrogens with one attached hydrogen (secondary N) is 1. The highest BCUT2D eigenvalue weighted by molar-refractivity contribution is 9.10. The Morgan fingerprint density at radius 1 is 1.09 bits per heavy atom. The van der Waals surface area contributed by atoms with Crippen LogP contribution in [-0.4, -0.2) is 12.0 Å². The maximum absolute atomic E-state index is 12.3. The van der Waals surface area contributed by atoms with Gasteiger partial charge in [-0.05, 0) is 63.1 Å². The van der Waals surface area contributed by atoms with E-state index in [1.807, 2.05) is 31.2 Å². The standard InChI is InChI=1S/C19H22BrNO2/c1-12-5-10-18(13(2)11-12)14(3)21-19(22)15(4)23-17-8-6-16(20)7-9-17/h5-11,14-15H,1-4H3,(H,21,22)/t14-,15+/m1/s1. The van der Waals surface area contributed by atoms with E-state index in [9.17, 15) is 4.79 Å². The molecule has 1 amide bonds. The average molecular weight is 376 g/mol. The van der Waals surface area contributed by atoms with Crippen molar-refractivity contribution in [3.8, 4) is 5.75 Å². The van der Waals surface area contributed by atoms with Crippen LogP contribution in [0.3, 0.4) is 0 Å². The largest absolute Gasteiger partial charge is 0.481 e. The van der Waals surface area contributed by atoms with Crippen LogP contribution in [0.4, 0.5) is 0 Å². The third-order valence-corrected chi connectivity index (χ3v) is 4.27. The zero-order chi connectivity index (χ0) is 17.0. The number of carbonyl (C=O) groups is 1. The molecule has 0 fully saturated rings. The lowest BCUT2D eigenvalue weighted by Gasteiger charge is -2.20. The Balaban J connectivity index is 1.98. The fourth-order valence-electron chi connectivity index (χ4n) is 2.49. The summed E-state index contributed by atoms with van der Waals surface area (Å²) < 4.78 is 6.66. The highest BCUT2D eigenvalue weighted by atomic mass is 79.9. The van der Waals surface area contributed by atoms with E-state index in [1.54, 1.807) is 6.92 Å². The van der Waals surface area contributed by atoms with Crippen molar-refractivity contribution in [2.24, 2.45) is 0 Å². The molecule has 2 atom stereocenters. The maximum Gasteiger partial charge on any atom is 0.261 e. The molecule has 122 valence electrons. The summed E-state index contributed by atoms with van der Waals surface area (Å²) in [5.74, 6) is 0.551. The SMILES string of the molecule is Cc1ccc([C@@H](C)NC(=O)[C@H](C)Oc2ccc(Br)cc2)c(C)c1. The monoisotopic (exact) mass is 375 g/mol. The van der Waals surface area contributed by atoms with Crippen LogP contribution in [0.5, 0.6) is 5.75 Å². The minimum atomic E-state index is -0.552. The number of hydrogen-bond donors (Lipinski definition) is 1. The third-order valence-electron chi connectivity index (χ3n) is 3.75. The first kappa shape index (κ1) is 17.5. The fraction of sp³-hybridized carbons (Fsp3) is 0.316. The van der Waals surface area contributed by atoms with E-state index in [-0.39, 0.29) is 11.9 Å². The van der Waals surface area contributed by atoms with Crippen LogP contribution < -0.4 is 10.1 Å². The van der Waals surface area contributed by atoms with Crippen LogP contribution in [0.25, 0.3) is 0 Å². The summed E-state index contributed by atoms with van der Waals surface area (Å²) >= 11 is 3.38. The molecule has 0 saturated carbocycles. The molecule has 0 aliphatic heterocycles. The smallest absolute Gasteiger partial charge is 0.261 e. The molecule has 0 spiro atoms. The number of benzene rings is 2. The van der Waals surface area contributed by atoms with Gasteiger partial charge in [0.25, 0.3) is 5.91 Å². The summed E-state index contributed by atoms with van der Waals surface area (Å²) in [7, 11) is 0. The van der Waals surface area contributed by atoms with Crippen LogP contribution in [0.1, 0.15) is 36.6 Å². The predicted octanol–water partition coefficient (Wildman–Crippen LogP) is 4.71. The molecule has 2 aromatic rings. The van der Waals surface area contributed by atoms with Crippen LogP contribution in [0.15, 0.2) is 46.9 Å². The van der Waals surface area contributed by atoms with Crippen LogP contribution in [-0.2, 0) is 4.79 Å². The van der Waals surface area contributed by atoms with E-state index < -0.39 is 6.10 Å². The first-order chi connectivity index (χ1) is 10.9. The number of aryl methyl sites for hydroxylation is 2. The van der Waals surface area contributed by atoms with Crippen LogP contribution in [0, 0.1) is 13.8 Å². The number of hydrogen-bond acceptors (Lipinski definition) is 2. The van der Waals surface area contributed by atoms with E-state index >= 15 is 0 Å². The Labute approximate surface area is 146 Å². The van der Waals surface area contributed by atoms with Gasteiger partial charge in [-0.25, -0.2) is 0 Å². The molecule has 0 saturated heterocycles. The molecule has 4 heteroatoms. The second-order valence-corrected chi connectivity index (χ2v) is 6.72. The van der Waals surface area contributed by atoms with Gasteiger partial charge in [-0.3, -0.25) is 4.79 Å². The lowest BCUT2D eigenvalue weighted by molar-refractivity contribution is -0.127. The molecule has 0 radical (unpaired) electrons. The van der Waals surface area contributed by atoms with Crippen LogP contribution >= 0.6 is 15.9 Å². The molecule has 1 N–H and O–H groups in total. The second kappa shape index (κ2) is 7.64. The average Bonchev–Trinajstić information content (AvgIpc) is 2.49. The highest BCUT2D eigenvalue weighted by Crippen LogP contribution is 2.20. The zero-order valence-electron chi connectivity index (χ0n) is 13.9. The second-order valence-electron chi connectivity index (χ2n) is 5.80. The van der Waals surface area contributed by atoms with Crippen LogP contribution in [0.2, 0.25) is 0 Å². The molecular formula is C19H22BrNO2. The van der Waals surface area contributed by atoms with Gasteiger partial charge < -0.3 is 10.1 Å². The summed E-state index contributed by atoms with van der Waals surface area (Å²) in [5, 5.41) is 3.01. The molecule has 2 rings (SSSR count). The number of halogens is 1. The van der Waals surface area contributed by atoms with Crippen molar-refractivity contribution < 1.29 is 9.53 Å². The molecule has 23 heavy (non-hydrogen) atoms. The van der Waals surface area contributed by atoms with Gasteiger partial charge in [0.05, 0.1) is 6.04 Å². The zero-order valence-corrected chi connectivity index (χ0v) is 15.5. The molecule has 2 aromatic carbocycles. The Bertz CT molecular complexity index is 682. The highest BCUT2D eigenvalue weighted by Gasteiger charge is 2.18. The molecule has 0 aliphatic carbocycles. The molecule has 0 heterocycles. The van der Waals surface area contributed by atoms with Crippen molar-refractivity contribution in [2.45, 2.75) is 39.8 Å². The lowest BCUT2D eigenvalue weighted by atomic mass is 10.0. The molecule has 0 unspecified atom stereocenters. The van der Waals surface area contributed by atoms with Gasteiger partial charge in [-0.15, -0.1) is 0 Å². The van der Waals surface area contributed by atoms with Gasteiger partial charge in [0, 0.05) is 4.47 Å². The quantitative estimate of drug-likeness (QED) is 0.821. The minimum Gasteiger partial charge on any atom is -0.481 e. The van der Waals surface area contributed by atoms with Gasteiger partial charge in [-0.1, -0.05) is 39.7 Å². The van der Waals surface area contributed by atoms with Gasteiger partial charge in [0.15, 0.2) is 6.10 Å². The van der Waals surface area contributed by atoms with Crippen molar-refractivity contribution in [3.63, 3.8) is 0 Å². The first-order valence-corrected chi connectivity index (χ1v) is 8.46. The molecule has 0 aromatic heterocycles. The molecule has 3 nitrogen and oxygen atoms in total. The van der Waals surface area contributed by atoms with Gasteiger partial charge >= 0.3 is 0 Å². The van der Waals surface area contributed by atoms with Gasteiger partial charge in [-0.2, -0.15) is 0 Å².